The van der Waals surface area contributed by atoms with E-state index in [4.69, 9.17) is 9.47 Å². The number of aromatic nitrogens is 2. The van der Waals surface area contributed by atoms with Crippen LogP contribution >= 0.6 is 0 Å². The maximum atomic E-state index is 13.0. The van der Waals surface area contributed by atoms with Gasteiger partial charge >= 0.3 is 5.69 Å². The average Bonchev–Trinajstić information content (AvgIpc) is 3.09. The third kappa shape index (κ3) is 4.73. The van der Waals surface area contributed by atoms with Crippen molar-refractivity contribution < 1.29 is 19.2 Å². The summed E-state index contributed by atoms with van der Waals surface area (Å²) in [6.45, 7) is 8.84. The molecule has 3 aromatic rings. The second-order valence-corrected chi connectivity index (χ2v) is 8.73. The topological polar surface area (TPSA) is 109 Å². The van der Waals surface area contributed by atoms with Gasteiger partial charge in [-0.2, -0.15) is 5.10 Å². The van der Waals surface area contributed by atoms with Crippen LogP contribution in [0.15, 0.2) is 42.5 Å². The molecule has 4 rings (SSSR count). The van der Waals surface area contributed by atoms with E-state index in [0.29, 0.717) is 48.2 Å². The highest BCUT2D eigenvalue weighted by Crippen LogP contribution is 2.34. The zero-order valence-electron chi connectivity index (χ0n) is 19.7. The Morgan fingerprint density at radius 1 is 1.12 bits per heavy atom. The largest absolute Gasteiger partial charge is 0.486 e. The number of nitro groups is 1. The summed E-state index contributed by atoms with van der Waals surface area (Å²) in [5.74, 6) is 1.39. The SMILES string of the molecule is Cc1nn(Cc2ccc(C(=O)NC(c3ccc4c(c3)OCCO4)C(C)C)cc2)c(C)c1[N+](=O)[O-]. The van der Waals surface area contributed by atoms with Gasteiger partial charge in [0, 0.05) is 5.56 Å². The van der Waals surface area contributed by atoms with Crippen molar-refractivity contribution in [1.82, 2.24) is 15.1 Å². The van der Waals surface area contributed by atoms with E-state index < -0.39 is 4.92 Å². The Morgan fingerprint density at radius 3 is 2.41 bits per heavy atom. The molecule has 9 heteroatoms. The molecule has 1 aliphatic heterocycles. The smallest absolute Gasteiger partial charge is 0.312 e. The summed E-state index contributed by atoms with van der Waals surface area (Å²) < 4.78 is 12.9. The minimum Gasteiger partial charge on any atom is -0.486 e. The fraction of sp³-hybridized carbons (Fsp3) is 0.360. The second-order valence-electron chi connectivity index (χ2n) is 8.73. The number of nitrogens with zero attached hydrogens (tertiary/aromatic N) is 3. The lowest BCUT2D eigenvalue weighted by Gasteiger charge is -2.25. The van der Waals surface area contributed by atoms with Gasteiger partial charge in [-0.25, -0.2) is 0 Å². The minimum absolute atomic E-state index is 0.0369. The van der Waals surface area contributed by atoms with E-state index >= 15 is 0 Å². The summed E-state index contributed by atoms with van der Waals surface area (Å²) in [6.07, 6.45) is 0. The van der Waals surface area contributed by atoms with E-state index in [2.05, 4.69) is 24.3 Å². The lowest BCUT2D eigenvalue weighted by Crippen LogP contribution is -2.32. The first-order chi connectivity index (χ1) is 16.2. The summed E-state index contributed by atoms with van der Waals surface area (Å²) in [4.78, 5) is 23.8. The molecular formula is C25H28N4O5. The second kappa shape index (κ2) is 9.54. The van der Waals surface area contributed by atoms with Crippen LogP contribution in [0, 0.1) is 29.9 Å². The Labute approximate surface area is 197 Å². The molecule has 1 N–H and O–H groups in total. The third-order valence-corrected chi connectivity index (χ3v) is 5.95. The number of amides is 1. The van der Waals surface area contributed by atoms with Crippen molar-refractivity contribution in [3.63, 3.8) is 0 Å². The van der Waals surface area contributed by atoms with Crippen molar-refractivity contribution >= 4 is 11.6 Å². The molecule has 1 atom stereocenters. The number of carbonyl (C=O) groups excluding carboxylic acids is 1. The van der Waals surface area contributed by atoms with Crippen LogP contribution in [0.1, 0.15) is 52.8 Å². The monoisotopic (exact) mass is 464 g/mol. The van der Waals surface area contributed by atoms with Crippen LogP contribution in [0.4, 0.5) is 5.69 Å². The number of benzene rings is 2. The molecule has 0 saturated carbocycles. The van der Waals surface area contributed by atoms with E-state index in [0.717, 1.165) is 11.1 Å². The standard InChI is InChI=1S/C25H28N4O5/c1-15(2)23(20-9-10-21-22(13-20)34-12-11-33-21)26-25(30)19-7-5-18(6-8-19)14-28-17(4)24(29(31)32)16(3)27-28/h5-10,13,15,23H,11-12,14H2,1-4H3,(H,26,30). The van der Waals surface area contributed by atoms with Crippen molar-refractivity contribution in [1.29, 1.82) is 0 Å². The summed E-state index contributed by atoms with van der Waals surface area (Å²) in [5.41, 5.74) is 3.31. The van der Waals surface area contributed by atoms with Crippen LogP contribution in [-0.2, 0) is 6.54 Å². The highest BCUT2D eigenvalue weighted by Gasteiger charge is 2.23. The van der Waals surface area contributed by atoms with Gasteiger partial charge in [-0.3, -0.25) is 19.6 Å². The number of ether oxygens (including phenoxy) is 2. The van der Waals surface area contributed by atoms with Crippen molar-refractivity contribution in [2.45, 2.75) is 40.3 Å². The first kappa shape index (κ1) is 23.3. The summed E-state index contributed by atoms with van der Waals surface area (Å²) >= 11 is 0. The van der Waals surface area contributed by atoms with Crippen LogP contribution in [0.2, 0.25) is 0 Å². The van der Waals surface area contributed by atoms with E-state index in [1.165, 1.54) is 0 Å². The Bertz CT molecular complexity index is 1220. The number of nitrogens with one attached hydrogen (secondary N) is 1. The molecule has 9 nitrogen and oxygen atoms in total. The van der Waals surface area contributed by atoms with Crippen LogP contribution in [-0.4, -0.2) is 33.8 Å². The van der Waals surface area contributed by atoms with Gasteiger partial charge in [-0.15, -0.1) is 0 Å². The van der Waals surface area contributed by atoms with Crippen LogP contribution in [0.25, 0.3) is 0 Å². The van der Waals surface area contributed by atoms with Gasteiger partial charge in [-0.05, 0) is 55.2 Å². The van der Waals surface area contributed by atoms with E-state index in [1.807, 2.05) is 30.3 Å². The van der Waals surface area contributed by atoms with Gasteiger partial charge < -0.3 is 14.8 Å². The van der Waals surface area contributed by atoms with E-state index in [9.17, 15) is 14.9 Å². The Kier molecular flexibility index (Phi) is 6.54. The lowest BCUT2D eigenvalue weighted by atomic mass is 9.95. The fourth-order valence-electron chi connectivity index (χ4n) is 4.15. The third-order valence-electron chi connectivity index (χ3n) is 5.95. The fourth-order valence-corrected chi connectivity index (χ4v) is 4.15. The number of hydrogen-bond donors (Lipinski definition) is 1. The summed E-state index contributed by atoms with van der Waals surface area (Å²) in [7, 11) is 0. The molecule has 0 fully saturated rings. The minimum atomic E-state index is -0.408. The highest BCUT2D eigenvalue weighted by molar-refractivity contribution is 5.94. The molecule has 1 aromatic heterocycles. The van der Waals surface area contributed by atoms with E-state index in [1.54, 1.807) is 30.7 Å². The van der Waals surface area contributed by atoms with Crippen LogP contribution < -0.4 is 14.8 Å². The number of rotatable bonds is 7. The molecule has 34 heavy (non-hydrogen) atoms. The van der Waals surface area contributed by atoms with Gasteiger partial charge in [0.15, 0.2) is 11.5 Å². The average molecular weight is 465 g/mol. The molecule has 2 aromatic carbocycles. The zero-order chi connectivity index (χ0) is 24.4. The molecular weight excluding hydrogens is 436 g/mol. The van der Waals surface area contributed by atoms with Gasteiger partial charge in [0.1, 0.15) is 24.6 Å². The molecule has 0 saturated heterocycles. The summed E-state index contributed by atoms with van der Waals surface area (Å²) in [6, 6.07) is 12.8. The lowest BCUT2D eigenvalue weighted by molar-refractivity contribution is -0.386. The Morgan fingerprint density at radius 2 is 1.79 bits per heavy atom. The Balaban J connectivity index is 1.48. The van der Waals surface area contributed by atoms with Gasteiger partial charge in [0.2, 0.25) is 0 Å². The van der Waals surface area contributed by atoms with Crippen LogP contribution in [0.5, 0.6) is 11.5 Å². The maximum Gasteiger partial charge on any atom is 0.312 e. The predicted molar refractivity (Wildman–Crippen MR) is 126 cm³/mol. The summed E-state index contributed by atoms with van der Waals surface area (Å²) in [5, 5.41) is 18.6. The van der Waals surface area contributed by atoms with Gasteiger partial charge in [-0.1, -0.05) is 32.0 Å². The molecule has 0 spiro atoms. The molecule has 1 aliphatic rings. The molecule has 0 aliphatic carbocycles. The molecule has 1 unspecified atom stereocenters. The number of hydrogen-bond acceptors (Lipinski definition) is 6. The molecule has 0 bridgehead atoms. The molecule has 0 radical (unpaired) electrons. The number of aryl methyl sites for hydroxylation is 1. The first-order valence-electron chi connectivity index (χ1n) is 11.2. The van der Waals surface area contributed by atoms with Crippen LogP contribution in [0.3, 0.4) is 0 Å². The normalized spacial score (nSPS) is 13.6. The molecule has 2 heterocycles. The number of fused-ring (bicyclic) bond motifs is 1. The molecule has 1 amide bonds. The predicted octanol–water partition coefficient (Wildman–Crippen LogP) is 4.35. The molecule has 178 valence electrons. The van der Waals surface area contributed by atoms with Crippen molar-refractivity contribution in [2.24, 2.45) is 5.92 Å². The first-order valence-corrected chi connectivity index (χ1v) is 11.2. The highest BCUT2D eigenvalue weighted by atomic mass is 16.6. The maximum absolute atomic E-state index is 13.0. The number of carbonyl (C=O) groups is 1. The van der Waals surface area contributed by atoms with Crippen molar-refractivity contribution in [2.75, 3.05) is 13.2 Å². The van der Waals surface area contributed by atoms with Crippen molar-refractivity contribution in [3.8, 4) is 11.5 Å². The quantitative estimate of drug-likeness (QED) is 0.411. The van der Waals surface area contributed by atoms with Gasteiger partial charge in [0.25, 0.3) is 5.91 Å². The Hall–Kier alpha value is -3.88. The van der Waals surface area contributed by atoms with Gasteiger partial charge in [0.05, 0.1) is 17.5 Å². The zero-order valence-corrected chi connectivity index (χ0v) is 19.7. The van der Waals surface area contributed by atoms with E-state index in [-0.39, 0.29) is 23.6 Å². The van der Waals surface area contributed by atoms with Crippen molar-refractivity contribution in [3.05, 3.63) is 80.7 Å².